The summed E-state index contributed by atoms with van der Waals surface area (Å²) < 4.78 is 0. The van der Waals surface area contributed by atoms with E-state index in [9.17, 15) is 0 Å². The summed E-state index contributed by atoms with van der Waals surface area (Å²) in [6, 6.07) is 0. The Bertz CT molecular complexity index is 453. The average molecular weight is 302 g/mol. The summed E-state index contributed by atoms with van der Waals surface area (Å²) in [6.07, 6.45) is 15.7. The topological polar surface area (TPSA) is 26.0 Å². The molecule has 0 aliphatic heterocycles. The van der Waals surface area contributed by atoms with Crippen molar-refractivity contribution < 1.29 is 0 Å². The van der Waals surface area contributed by atoms with Crippen molar-refractivity contribution in [2.75, 3.05) is 6.54 Å². The third-order valence-corrected chi connectivity index (χ3v) is 8.59. The van der Waals surface area contributed by atoms with Gasteiger partial charge in [0.15, 0.2) is 0 Å². The molecule has 0 saturated heterocycles. The van der Waals surface area contributed by atoms with E-state index >= 15 is 0 Å². The van der Waals surface area contributed by atoms with Crippen LogP contribution in [0.5, 0.6) is 0 Å². The van der Waals surface area contributed by atoms with Crippen LogP contribution >= 0.6 is 0 Å². The smallest absolute Gasteiger partial charge is 0.00488 e. The molecule has 0 spiro atoms. The van der Waals surface area contributed by atoms with E-state index in [2.05, 4.69) is 19.9 Å². The minimum Gasteiger partial charge on any atom is -0.330 e. The van der Waals surface area contributed by atoms with Crippen LogP contribution in [0, 0.1) is 40.9 Å². The first-order valence-electron chi connectivity index (χ1n) is 10.0. The zero-order chi connectivity index (χ0) is 15.3. The van der Waals surface area contributed by atoms with Gasteiger partial charge in [-0.25, -0.2) is 0 Å². The van der Waals surface area contributed by atoms with Gasteiger partial charge in [-0.05, 0) is 112 Å². The van der Waals surface area contributed by atoms with Crippen LogP contribution < -0.4 is 5.73 Å². The predicted octanol–water partition coefficient (Wildman–Crippen LogP) is 5.16. The minimum atomic E-state index is 0.567. The average Bonchev–Trinajstić information content (AvgIpc) is 2.90. The number of nitrogens with two attached hydrogens (primary N) is 1. The lowest BCUT2D eigenvalue weighted by Crippen LogP contribution is -2.47. The molecule has 4 aliphatic carbocycles. The Morgan fingerprint density at radius 3 is 2.64 bits per heavy atom. The van der Waals surface area contributed by atoms with Crippen molar-refractivity contribution in [3.8, 4) is 0 Å². The Balaban J connectivity index is 1.54. The van der Waals surface area contributed by atoms with E-state index in [0.717, 1.165) is 42.1 Å². The molecule has 4 aliphatic rings. The summed E-state index contributed by atoms with van der Waals surface area (Å²) in [5.74, 6) is 6.04. The Hall–Kier alpha value is -0.300. The fourth-order valence-corrected chi connectivity index (χ4v) is 7.49. The molecule has 4 fully saturated rings. The summed E-state index contributed by atoms with van der Waals surface area (Å²) >= 11 is 0. The van der Waals surface area contributed by atoms with Gasteiger partial charge in [0, 0.05) is 0 Å². The molecule has 22 heavy (non-hydrogen) atoms. The quantitative estimate of drug-likeness (QED) is 0.665. The highest BCUT2D eigenvalue weighted by Gasteiger charge is 2.54. The molecule has 2 N–H and O–H groups in total. The number of fused-ring (bicyclic) bond motifs is 5. The van der Waals surface area contributed by atoms with Gasteiger partial charge < -0.3 is 5.73 Å². The van der Waals surface area contributed by atoms with Gasteiger partial charge in [0.25, 0.3) is 0 Å². The van der Waals surface area contributed by atoms with Crippen molar-refractivity contribution in [2.45, 2.75) is 71.6 Å². The second-order valence-corrected chi connectivity index (χ2v) is 9.16. The first-order valence-corrected chi connectivity index (χ1v) is 10.0. The fourth-order valence-electron chi connectivity index (χ4n) is 7.49. The van der Waals surface area contributed by atoms with Gasteiger partial charge in [-0.3, -0.25) is 0 Å². The van der Waals surface area contributed by atoms with E-state index in [-0.39, 0.29) is 0 Å². The highest BCUT2D eigenvalue weighted by Crippen LogP contribution is 2.64. The number of allylic oxidation sites excluding steroid dienone is 2. The molecule has 0 amide bonds. The molecule has 124 valence electrons. The standard InChI is InChI=1S/C21H35N/c1-3-16-6-9-20-19-8-5-15-12-14(13-22)4-7-17(15)18(19)10-11-21(16,20)2/h3,14-15,17-20H,4-13,22H2,1-2H3/b16-3-. The van der Waals surface area contributed by atoms with Crippen molar-refractivity contribution >= 4 is 0 Å². The molecule has 7 atom stereocenters. The van der Waals surface area contributed by atoms with Crippen LogP contribution in [-0.2, 0) is 0 Å². The van der Waals surface area contributed by atoms with Gasteiger partial charge in [0.2, 0.25) is 0 Å². The lowest BCUT2D eigenvalue weighted by atomic mass is 9.50. The molecule has 0 aromatic carbocycles. The lowest BCUT2D eigenvalue weighted by Gasteiger charge is -2.55. The molecule has 0 aromatic rings. The van der Waals surface area contributed by atoms with Gasteiger partial charge in [0.1, 0.15) is 0 Å². The molecular weight excluding hydrogens is 266 g/mol. The van der Waals surface area contributed by atoms with Crippen LogP contribution in [0.25, 0.3) is 0 Å². The molecule has 0 heterocycles. The highest BCUT2D eigenvalue weighted by molar-refractivity contribution is 5.23. The maximum atomic E-state index is 5.97. The first-order chi connectivity index (χ1) is 10.7. The number of hydrogen-bond acceptors (Lipinski definition) is 1. The van der Waals surface area contributed by atoms with E-state index in [0.29, 0.717) is 5.41 Å². The zero-order valence-electron chi connectivity index (χ0n) is 14.7. The van der Waals surface area contributed by atoms with Crippen LogP contribution in [0.4, 0.5) is 0 Å². The van der Waals surface area contributed by atoms with Gasteiger partial charge in [-0.15, -0.1) is 0 Å². The summed E-state index contributed by atoms with van der Waals surface area (Å²) in [4.78, 5) is 0. The maximum absolute atomic E-state index is 5.97. The summed E-state index contributed by atoms with van der Waals surface area (Å²) in [5.41, 5.74) is 8.33. The van der Waals surface area contributed by atoms with Crippen LogP contribution in [0.15, 0.2) is 11.6 Å². The van der Waals surface area contributed by atoms with Crippen molar-refractivity contribution in [1.82, 2.24) is 0 Å². The van der Waals surface area contributed by atoms with E-state index < -0.39 is 0 Å². The van der Waals surface area contributed by atoms with Crippen LogP contribution in [-0.4, -0.2) is 6.54 Å². The predicted molar refractivity (Wildman–Crippen MR) is 93.4 cm³/mol. The molecule has 0 aromatic heterocycles. The molecule has 4 saturated carbocycles. The van der Waals surface area contributed by atoms with Crippen molar-refractivity contribution in [3.63, 3.8) is 0 Å². The Morgan fingerprint density at radius 1 is 1.05 bits per heavy atom. The van der Waals surface area contributed by atoms with Crippen molar-refractivity contribution in [2.24, 2.45) is 46.7 Å². The molecule has 4 rings (SSSR count). The summed E-state index contributed by atoms with van der Waals surface area (Å²) in [7, 11) is 0. The molecular formula is C21H35N. The van der Waals surface area contributed by atoms with Gasteiger partial charge >= 0.3 is 0 Å². The van der Waals surface area contributed by atoms with Gasteiger partial charge in [0.05, 0.1) is 0 Å². The third-order valence-electron chi connectivity index (χ3n) is 8.59. The monoisotopic (exact) mass is 301 g/mol. The third kappa shape index (κ3) is 2.14. The normalized spacial score (nSPS) is 53.0. The van der Waals surface area contributed by atoms with Crippen molar-refractivity contribution in [3.05, 3.63) is 11.6 Å². The maximum Gasteiger partial charge on any atom is -0.00488 e. The SMILES string of the molecule is C/C=C1/CCC2C3CCC4CC(CN)CCC4C3CCC12C. The van der Waals surface area contributed by atoms with Crippen LogP contribution in [0.2, 0.25) is 0 Å². The van der Waals surface area contributed by atoms with Crippen LogP contribution in [0.1, 0.15) is 71.6 Å². The first kappa shape index (κ1) is 15.2. The molecule has 7 unspecified atom stereocenters. The molecule has 1 nitrogen and oxygen atoms in total. The zero-order valence-corrected chi connectivity index (χ0v) is 14.7. The molecule has 1 heteroatoms. The Kier molecular flexibility index (Phi) is 3.92. The lowest BCUT2D eigenvalue weighted by molar-refractivity contribution is -0.0477. The molecule has 0 bridgehead atoms. The van der Waals surface area contributed by atoms with E-state index in [1.54, 1.807) is 5.57 Å². The van der Waals surface area contributed by atoms with Gasteiger partial charge in [-0.2, -0.15) is 0 Å². The van der Waals surface area contributed by atoms with E-state index in [1.165, 1.54) is 57.8 Å². The largest absolute Gasteiger partial charge is 0.330 e. The van der Waals surface area contributed by atoms with E-state index in [4.69, 9.17) is 5.73 Å². The number of rotatable bonds is 1. The second-order valence-electron chi connectivity index (χ2n) is 9.16. The summed E-state index contributed by atoms with van der Waals surface area (Å²) in [6.45, 7) is 5.82. The number of hydrogen-bond donors (Lipinski definition) is 1. The Morgan fingerprint density at radius 2 is 1.86 bits per heavy atom. The van der Waals surface area contributed by atoms with Gasteiger partial charge in [-0.1, -0.05) is 18.6 Å². The van der Waals surface area contributed by atoms with Crippen molar-refractivity contribution in [1.29, 1.82) is 0 Å². The minimum absolute atomic E-state index is 0.567. The fraction of sp³-hybridized carbons (Fsp3) is 0.905. The second kappa shape index (κ2) is 5.65. The summed E-state index contributed by atoms with van der Waals surface area (Å²) in [5, 5.41) is 0. The van der Waals surface area contributed by atoms with Crippen LogP contribution in [0.3, 0.4) is 0 Å². The highest BCUT2D eigenvalue weighted by atomic mass is 14.6. The Labute approximate surface area is 137 Å². The van der Waals surface area contributed by atoms with E-state index in [1.807, 2.05) is 0 Å². The molecule has 0 radical (unpaired) electrons.